The van der Waals surface area contributed by atoms with E-state index in [4.69, 9.17) is 14.9 Å². The lowest BCUT2D eigenvalue weighted by Crippen LogP contribution is -2.08. The molecule has 0 heterocycles. The lowest BCUT2D eigenvalue weighted by Gasteiger charge is -2.03. The van der Waals surface area contributed by atoms with E-state index in [0.717, 1.165) is 5.57 Å². The van der Waals surface area contributed by atoms with Gasteiger partial charge in [0, 0.05) is 18.1 Å². The van der Waals surface area contributed by atoms with Gasteiger partial charge in [-0.1, -0.05) is 12.2 Å². The number of ether oxygens (including phenoxy) is 1. The highest BCUT2D eigenvalue weighted by atomic mass is 16.5. The van der Waals surface area contributed by atoms with Crippen LogP contribution in [0.4, 0.5) is 0 Å². The number of carbonyl (C=O) groups is 2. The second-order valence-corrected chi connectivity index (χ2v) is 3.07. The van der Waals surface area contributed by atoms with Gasteiger partial charge >= 0.3 is 11.9 Å². The zero-order chi connectivity index (χ0) is 11.8. The van der Waals surface area contributed by atoms with Gasteiger partial charge in [-0.15, -0.1) is 0 Å². The molecule has 0 radical (unpaired) electrons. The Morgan fingerprint density at radius 1 is 1.40 bits per heavy atom. The first-order valence-electron chi connectivity index (χ1n) is 4.32. The molecule has 0 saturated carbocycles. The van der Waals surface area contributed by atoms with Crippen LogP contribution in [-0.2, 0) is 14.3 Å². The maximum absolute atomic E-state index is 10.6. The van der Waals surface area contributed by atoms with Crippen LogP contribution in [0.1, 0.15) is 13.3 Å². The van der Waals surface area contributed by atoms with Crippen LogP contribution in [-0.4, -0.2) is 35.4 Å². The van der Waals surface area contributed by atoms with Gasteiger partial charge in [0.15, 0.2) is 0 Å². The Balaban J connectivity index is 4.04. The van der Waals surface area contributed by atoms with Gasteiger partial charge in [0.2, 0.25) is 0 Å². The van der Waals surface area contributed by atoms with Crippen molar-refractivity contribution in [1.82, 2.24) is 0 Å². The highest BCUT2D eigenvalue weighted by Crippen LogP contribution is 2.02. The van der Waals surface area contributed by atoms with Gasteiger partial charge in [-0.25, -0.2) is 9.59 Å². The largest absolute Gasteiger partial charge is 0.478 e. The number of hydrogen-bond acceptors (Lipinski definition) is 3. The molecule has 0 saturated heterocycles. The summed E-state index contributed by atoms with van der Waals surface area (Å²) in [5, 5.41) is 17.0. The summed E-state index contributed by atoms with van der Waals surface area (Å²) in [6.45, 7) is 5.90. The van der Waals surface area contributed by atoms with Crippen molar-refractivity contribution in [3.8, 4) is 0 Å². The Labute approximate surface area is 87.7 Å². The Kier molecular flexibility index (Phi) is 6.05. The normalized spacial score (nSPS) is 11.1. The van der Waals surface area contributed by atoms with E-state index < -0.39 is 11.9 Å². The van der Waals surface area contributed by atoms with Gasteiger partial charge in [-0.05, 0) is 6.92 Å². The minimum absolute atomic E-state index is 0.0644. The first-order valence-corrected chi connectivity index (χ1v) is 4.32. The third-order valence-corrected chi connectivity index (χ3v) is 1.44. The van der Waals surface area contributed by atoms with Gasteiger partial charge in [-0.3, -0.25) is 0 Å². The quantitative estimate of drug-likeness (QED) is 0.376. The summed E-state index contributed by atoms with van der Waals surface area (Å²) >= 11 is 0. The van der Waals surface area contributed by atoms with E-state index >= 15 is 0 Å². The molecule has 0 atom stereocenters. The molecule has 0 aromatic rings. The summed E-state index contributed by atoms with van der Waals surface area (Å²) in [4.78, 5) is 20.8. The first-order chi connectivity index (χ1) is 6.93. The lowest BCUT2D eigenvalue weighted by molar-refractivity contribution is -0.135. The molecule has 0 aromatic heterocycles. The maximum Gasteiger partial charge on any atom is 0.331 e. The molecule has 0 unspecified atom stereocenters. The van der Waals surface area contributed by atoms with E-state index in [-0.39, 0.29) is 18.6 Å². The summed E-state index contributed by atoms with van der Waals surface area (Å²) in [6.07, 6.45) is 0.737. The summed E-state index contributed by atoms with van der Waals surface area (Å²) < 4.78 is 5.06. The SMILES string of the molecule is C=C(C)COCC/C(=C/C(=O)O)C(=O)O. The molecule has 15 heavy (non-hydrogen) atoms. The molecular formula is C10H14O5. The molecule has 0 aliphatic carbocycles. The van der Waals surface area contributed by atoms with Crippen molar-refractivity contribution in [3.05, 3.63) is 23.8 Å². The zero-order valence-electron chi connectivity index (χ0n) is 8.52. The molecular weight excluding hydrogens is 200 g/mol. The fourth-order valence-corrected chi connectivity index (χ4v) is 0.818. The van der Waals surface area contributed by atoms with Crippen LogP contribution in [0.25, 0.3) is 0 Å². The summed E-state index contributed by atoms with van der Waals surface area (Å²) in [5.41, 5.74) is 0.651. The van der Waals surface area contributed by atoms with E-state index in [1.165, 1.54) is 0 Å². The van der Waals surface area contributed by atoms with Crippen molar-refractivity contribution in [2.45, 2.75) is 13.3 Å². The number of aliphatic carboxylic acids is 2. The average molecular weight is 214 g/mol. The minimum Gasteiger partial charge on any atom is -0.478 e. The van der Waals surface area contributed by atoms with E-state index in [1.807, 2.05) is 0 Å². The molecule has 84 valence electrons. The fraction of sp³-hybridized carbons (Fsp3) is 0.400. The van der Waals surface area contributed by atoms with Crippen LogP contribution in [0.5, 0.6) is 0 Å². The molecule has 0 aliphatic heterocycles. The smallest absolute Gasteiger partial charge is 0.331 e. The van der Waals surface area contributed by atoms with Gasteiger partial charge in [0.1, 0.15) is 0 Å². The number of hydrogen-bond donors (Lipinski definition) is 2. The zero-order valence-corrected chi connectivity index (χ0v) is 8.52. The van der Waals surface area contributed by atoms with Crippen molar-refractivity contribution in [3.63, 3.8) is 0 Å². The predicted molar refractivity (Wildman–Crippen MR) is 53.6 cm³/mol. The van der Waals surface area contributed by atoms with E-state index in [2.05, 4.69) is 6.58 Å². The fourth-order valence-electron chi connectivity index (χ4n) is 0.818. The highest BCUT2D eigenvalue weighted by Gasteiger charge is 2.08. The Morgan fingerprint density at radius 3 is 2.40 bits per heavy atom. The van der Waals surface area contributed by atoms with Crippen LogP contribution in [0.15, 0.2) is 23.8 Å². The summed E-state index contributed by atoms with van der Waals surface area (Å²) in [7, 11) is 0. The summed E-state index contributed by atoms with van der Waals surface area (Å²) in [6, 6.07) is 0. The van der Waals surface area contributed by atoms with Gasteiger partial charge in [0.25, 0.3) is 0 Å². The molecule has 0 spiro atoms. The minimum atomic E-state index is -1.27. The van der Waals surface area contributed by atoms with Crippen molar-refractivity contribution in [1.29, 1.82) is 0 Å². The molecule has 0 fully saturated rings. The van der Waals surface area contributed by atoms with Crippen molar-refractivity contribution in [2.24, 2.45) is 0 Å². The van der Waals surface area contributed by atoms with Gasteiger partial charge < -0.3 is 14.9 Å². The molecule has 0 rings (SSSR count). The van der Waals surface area contributed by atoms with Crippen LogP contribution in [0, 0.1) is 0 Å². The summed E-state index contributed by atoms with van der Waals surface area (Å²) in [5.74, 6) is -2.51. The molecule has 2 N–H and O–H groups in total. The van der Waals surface area contributed by atoms with Crippen molar-refractivity contribution < 1.29 is 24.5 Å². The Morgan fingerprint density at radius 2 is 2.00 bits per heavy atom. The first kappa shape index (κ1) is 13.4. The van der Waals surface area contributed by atoms with E-state index in [1.54, 1.807) is 6.92 Å². The van der Waals surface area contributed by atoms with Crippen LogP contribution in [0.3, 0.4) is 0 Å². The number of carboxylic acids is 2. The average Bonchev–Trinajstić information content (AvgIpc) is 2.08. The van der Waals surface area contributed by atoms with Crippen LogP contribution >= 0.6 is 0 Å². The Hall–Kier alpha value is -1.62. The third-order valence-electron chi connectivity index (χ3n) is 1.44. The second kappa shape index (κ2) is 6.78. The van der Waals surface area contributed by atoms with E-state index in [9.17, 15) is 9.59 Å². The molecule has 0 aliphatic rings. The number of carboxylic acid groups (broad SMARTS) is 2. The monoisotopic (exact) mass is 214 g/mol. The second-order valence-electron chi connectivity index (χ2n) is 3.07. The molecule has 5 heteroatoms. The van der Waals surface area contributed by atoms with Crippen molar-refractivity contribution >= 4 is 11.9 Å². The van der Waals surface area contributed by atoms with Crippen molar-refractivity contribution in [2.75, 3.05) is 13.2 Å². The highest BCUT2D eigenvalue weighted by molar-refractivity contribution is 5.94. The Bertz CT molecular complexity index is 290. The van der Waals surface area contributed by atoms with Gasteiger partial charge in [0.05, 0.1) is 13.2 Å². The van der Waals surface area contributed by atoms with E-state index in [0.29, 0.717) is 12.7 Å². The molecule has 0 amide bonds. The predicted octanol–water partition coefficient (Wildman–Crippen LogP) is 1.06. The topological polar surface area (TPSA) is 83.8 Å². The van der Waals surface area contributed by atoms with Crippen LogP contribution in [0.2, 0.25) is 0 Å². The lowest BCUT2D eigenvalue weighted by atomic mass is 10.2. The number of rotatable bonds is 7. The van der Waals surface area contributed by atoms with Gasteiger partial charge in [-0.2, -0.15) is 0 Å². The standard InChI is InChI=1S/C10H14O5/c1-7(2)6-15-4-3-8(10(13)14)5-9(11)12/h5H,1,3-4,6H2,2H3,(H,11,12)(H,13,14)/b8-5-. The third kappa shape index (κ3) is 7.45. The molecule has 0 aromatic carbocycles. The molecule has 0 bridgehead atoms. The molecule has 5 nitrogen and oxygen atoms in total. The maximum atomic E-state index is 10.6. The van der Waals surface area contributed by atoms with Crippen LogP contribution < -0.4 is 0 Å².